The van der Waals surface area contributed by atoms with Gasteiger partial charge in [0.15, 0.2) is 6.54 Å². The highest BCUT2D eigenvalue weighted by Gasteiger charge is 2.24. The van der Waals surface area contributed by atoms with E-state index in [1.165, 1.54) is 4.70 Å². The van der Waals surface area contributed by atoms with Crippen LogP contribution in [0.3, 0.4) is 0 Å². The monoisotopic (exact) mass is 676 g/mol. The van der Waals surface area contributed by atoms with Crippen LogP contribution in [-0.4, -0.2) is 46.0 Å². The molecule has 1 aliphatic heterocycles. The summed E-state index contributed by atoms with van der Waals surface area (Å²) >= 11 is 3.37. The van der Waals surface area contributed by atoms with Crippen molar-refractivity contribution in [3.8, 4) is 0 Å². The summed E-state index contributed by atoms with van der Waals surface area (Å²) in [5.74, 6) is -0.263. The number of unbranched alkanes of at least 4 members (excludes halogenated alkanes) is 2. The van der Waals surface area contributed by atoms with Gasteiger partial charge in [-0.25, -0.2) is 0 Å². The van der Waals surface area contributed by atoms with Gasteiger partial charge in [-0.05, 0) is 43.5 Å². The second-order valence-corrected chi connectivity index (χ2v) is 15.3. The number of anilines is 1. The molecular weight excluding hydrogens is 639 g/mol. The lowest BCUT2D eigenvalue weighted by atomic mass is 10.2. The molecule has 1 aromatic heterocycles. The molecule has 0 unspecified atom stereocenters. The third-order valence-corrected chi connectivity index (χ3v) is 10.8. The van der Waals surface area contributed by atoms with Crippen molar-refractivity contribution in [2.75, 3.05) is 29.5 Å². The van der Waals surface area contributed by atoms with Crippen molar-refractivity contribution in [2.45, 2.75) is 44.0 Å². The minimum atomic E-state index is -3.95. The molecule has 9 nitrogen and oxygen atoms in total. The molecule has 0 aliphatic carbocycles. The number of benzene rings is 2. The first-order valence-electron chi connectivity index (χ1n) is 14.4. The van der Waals surface area contributed by atoms with Crippen LogP contribution in [0.1, 0.15) is 37.6 Å². The number of hydroxylamine groups is 1. The normalized spacial score (nSPS) is 15.1. The molecule has 0 fully saturated rings. The zero-order valence-corrected chi connectivity index (χ0v) is 27.8. The minimum Gasteiger partial charge on any atom is -0.335 e. The quantitative estimate of drug-likeness (QED) is 0.0576. The van der Waals surface area contributed by atoms with Gasteiger partial charge in [0.2, 0.25) is 5.52 Å². The molecule has 0 bridgehead atoms. The largest absolute Gasteiger partial charge is 0.335 e. The minimum absolute atomic E-state index is 0.0323. The Hall–Kier alpha value is -2.78. The van der Waals surface area contributed by atoms with Gasteiger partial charge in [-0.3, -0.25) is 4.55 Å². The number of rotatable bonds is 17. The van der Waals surface area contributed by atoms with E-state index in [0.29, 0.717) is 45.3 Å². The van der Waals surface area contributed by atoms with Gasteiger partial charge < -0.3 is 4.90 Å². The predicted molar refractivity (Wildman–Crippen MR) is 180 cm³/mol. The fourth-order valence-corrected chi connectivity index (χ4v) is 8.29. The van der Waals surface area contributed by atoms with Crippen molar-refractivity contribution in [1.29, 1.82) is 0 Å². The Kier molecular flexibility index (Phi) is 12.8. The maximum Gasteiger partial charge on any atom is 0.283 e. The van der Waals surface area contributed by atoms with Crippen molar-refractivity contribution >= 4 is 65.3 Å². The first-order valence-corrected chi connectivity index (χ1v) is 19.3. The number of nitrogens with zero attached hydrogens (tertiary/aromatic N) is 2. The standard InChI is InChI=1S/C31H37N3O6S4/c1-2-32-40-44(38,39)25-15-13-23-34-27-17-9-11-19-29(27)42-31(34)21-7-5-3-4-6-20-30-33(22-12-14-24-43(35,36)37)26-16-8-10-18-28(26)41-30/h3-11,16-21,32H,2,12-15,22-25H2,1H3/p+1. The van der Waals surface area contributed by atoms with E-state index < -0.39 is 20.2 Å². The summed E-state index contributed by atoms with van der Waals surface area (Å²) in [6, 6.07) is 16.3. The summed E-state index contributed by atoms with van der Waals surface area (Å²) in [5, 5.41) is 2.14. The van der Waals surface area contributed by atoms with Crippen LogP contribution in [-0.2, 0) is 31.1 Å². The first-order chi connectivity index (χ1) is 21.2. The molecule has 2 N–H and O–H groups in total. The van der Waals surface area contributed by atoms with Gasteiger partial charge in [-0.1, -0.05) is 84.7 Å². The van der Waals surface area contributed by atoms with Gasteiger partial charge in [0.1, 0.15) is 4.70 Å². The Bertz CT molecular complexity index is 1740. The highest BCUT2D eigenvalue weighted by molar-refractivity contribution is 8.03. The van der Waals surface area contributed by atoms with Crippen molar-refractivity contribution in [3.05, 3.63) is 95.0 Å². The Balaban J connectivity index is 1.36. The number of hydrogen-bond acceptors (Lipinski definition) is 9. The molecule has 236 valence electrons. The summed E-state index contributed by atoms with van der Waals surface area (Å²) in [6.45, 7) is 3.55. The maximum atomic E-state index is 12.0. The maximum absolute atomic E-state index is 12.0. The van der Waals surface area contributed by atoms with E-state index in [2.05, 4.69) is 45.3 Å². The molecule has 2 heterocycles. The zero-order chi connectivity index (χ0) is 31.4. The van der Waals surface area contributed by atoms with Gasteiger partial charge in [-0.15, -0.1) is 0 Å². The SMILES string of the molecule is CCNOS(=O)(=O)CCCC[n+]1c(/C=C/C=C/C=C/C=C2\Sc3ccccc3N2CCCCS(=O)(=O)O)sc2ccccc21. The molecule has 0 atom stereocenters. The highest BCUT2D eigenvalue weighted by atomic mass is 32.2. The molecule has 0 radical (unpaired) electrons. The lowest BCUT2D eigenvalue weighted by molar-refractivity contribution is -0.669. The second kappa shape index (κ2) is 16.5. The number of hydrogen-bond donors (Lipinski definition) is 2. The van der Waals surface area contributed by atoms with Crippen LogP contribution >= 0.6 is 23.1 Å². The van der Waals surface area contributed by atoms with E-state index in [0.717, 1.165) is 26.1 Å². The third kappa shape index (κ3) is 10.4. The van der Waals surface area contributed by atoms with E-state index >= 15 is 0 Å². The number of aryl methyl sites for hydroxylation is 1. The highest BCUT2D eigenvalue weighted by Crippen LogP contribution is 2.45. The number of thioether (sulfide) groups is 1. The third-order valence-electron chi connectivity index (χ3n) is 6.59. The van der Waals surface area contributed by atoms with Gasteiger partial charge >= 0.3 is 0 Å². The van der Waals surface area contributed by atoms with Gasteiger partial charge in [-0.2, -0.15) is 31.2 Å². The molecule has 0 saturated carbocycles. The molecule has 4 rings (SSSR count). The lowest BCUT2D eigenvalue weighted by Gasteiger charge is -2.20. The van der Waals surface area contributed by atoms with E-state index in [-0.39, 0.29) is 11.5 Å². The number of allylic oxidation sites excluding steroid dienone is 6. The molecule has 0 amide bonds. The molecule has 44 heavy (non-hydrogen) atoms. The Morgan fingerprint density at radius 1 is 0.909 bits per heavy atom. The number of aromatic nitrogens is 1. The van der Waals surface area contributed by atoms with Crippen molar-refractivity contribution in [1.82, 2.24) is 5.48 Å². The molecule has 2 aromatic carbocycles. The smallest absolute Gasteiger partial charge is 0.283 e. The first kappa shape index (κ1) is 34.1. The summed E-state index contributed by atoms with van der Waals surface area (Å²) in [4.78, 5) is 3.34. The molecule has 13 heteroatoms. The number of thiazole rings is 1. The average Bonchev–Trinajstić information content (AvgIpc) is 3.52. The van der Waals surface area contributed by atoms with Gasteiger partial charge in [0, 0.05) is 36.5 Å². The van der Waals surface area contributed by atoms with E-state index in [4.69, 9.17) is 8.84 Å². The van der Waals surface area contributed by atoms with Crippen LogP contribution in [0.5, 0.6) is 0 Å². The number of para-hydroxylation sites is 2. The summed E-state index contributed by atoms with van der Waals surface area (Å²) < 4.78 is 63.2. The molecule has 3 aromatic rings. The number of nitrogens with one attached hydrogen (secondary N) is 1. The Morgan fingerprint density at radius 3 is 2.45 bits per heavy atom. The number of fused-ring (bicyclic) bond motifs is 2. The summed E-state index contributed by atoms with van der Waals surface area (Å²) in [5.41, 5.74) is 4.63. The van der Waals surface area contributed by atoms with E-state index in [1.54, 1.807) is 30.0 Å². The predicted octanol–water partition coefficient (Wildman–Crippen LogP) is 6.09. The summed E-state index contributed by atoms with van der Waals surface area (Å²) in [6.07, 6.45) is 16.2. The van der Waals surface area contributed by atoms with Crippen LogP contribution in [0, 0.1) is 0 Å². The Morgan fingerprint density at radius 2 is 1.64 bits per heavy atom. The second-order valence-electron chi connectivity index (χ2n) is 9.96. The van der Waals surface area contributed by atoms with E-state index in [9.17, 15) is 16.8 Å². The molecule has 1 aliphatic rings. The van der Waals surface area contributed by atoms with Crippen LogP contribution in [0.2, 0.25) is 0 Å². The topological polar surface area (TPSA) is 117 Å². The van der Waals surface area contributed by atoms with E-state index in [1.807, 2.05) is 60.7 Å². The van der Waals surface area contributed by atoms with Crippen LogP contribution < -0.4 is 14.9 Å². The van der Waals surface area contributed by atoms with Crippen LogP contribution in [0.25, 0.3) is 16.3 Å². The fraction of sp³-hybridized carbons (Fsp3) is 0.323. The lowest BCUT2D eigenvalue weighted by Crippen LogP contribution is -2.35. The molecule has 0 saturated heterocycles. The average molecular weight is 677 g/mol. The van der Waals surface area contributed by atoms with Gasteiger partial charge in [0.05, 0.1) is 22.2 Å². The summed E-state index contributed by atoms with van der Waals surface area (Å²) in [7, 11) is -7.53. The Labute approximate surface area is 268 Å². The molecular formula is C31H38N3O6S4+. The van der Waals surface area contributed by atoms with Gasteiger partial charge in [0.25, 0.3) is 25.2 Å². The van der Waals surface area contributed by atoms with Crippen molar-refractivity contribution in [2.24, 2.45) is 0 Å². The molecule has 0 spiro atoms. The zero-order valence-electron chi connectivity index (χ0n) is 24.5. The van der Waals surface area contributed by atoms with Crippen molar-refractivity contribution < 1.29 is 30.2 Å². The fourth-order valence-electron chi connectivity index (χ4n) is 4.58. The van der Waals surface area contributed by atoms with Crippen LogP contribution in [0.4, 0.5) is 5.69 Å². The van der Waals surface area contributed by atoms with Crippen molar-refractivity contribution in [3.63, 3.8) is 0 Å². The van der Waals surface area contributed by atoms with Crippen LogP contribution in [0.15, 0.2) is 94.9 Å².